The Hall–Kier alpha value is -2.68. The number of nitrogens with zero attached hydrogens (tertiary/aromatic N) is 3. The Morgan fingerprint density at radius 2 is 1.93 bits per heavy atom. The molecule has 0 atom stereocenters. The third kappa shape index (κ3) is 4.50. The van der Waals surface area contributed by atoms with Crippen molar-refractivity contribution in [3.8, 4) is 6.07 Å². The molecule has 0 radical (unpaired) electrons. The van der Waals surface area contributed by atoms with E-state index in [4.69, 9.17) is 16.9 Å². The monoisotopic (exact) mass is 406 g/mol. The minimum atomic E-state index is -0.129. The minimum Gasteiger partial charge on any atom is -0.310 e. The summed E-state index contributed by atoms with van der Waals surface area (Å²) in [6.07, 6.45) is 3.94. The number of aromatic amines is 1. The number of hydrogen-bond donors (Lipinski definition) is 1. The topological polar surface area (TPSA) is 72.8 Å². The van der Waals surface area contributed by atoms with Crippen molar-refractivity contribution in [1.29, 1.82) is 5.26 Å². The molecule has 148 valence electrons. The van der Waals surface area contributed by atoms with Crippen LogP contribution in [-0.2, 0) is 6.42 Å². The van der Waals surface area contributed by atoms with E-state index in [9.17, 15) is 4.79 Å². The van der Waals surface area contributed by atoms with Crippen molar-refractivity contribution in [2.75, 3.05) is 19.6 Å². The van der Waals surface area contributed by atoms with Crippen molar-refractivity contribution < 1.29 is 0 Å². The van der Waals surface area contributed by atoms with Crippen LogP contribution in [0.5, 0.6) is 0 Å². The second-order valence-corrected chi connectivity index (χ2v) is 8.01. The molecule has 4 rings (SSSR count). The van der Waals surface area contributed by atoms with Crippen LogP contribution in [0.2, 0.25) is 5.02 Å². The van der Waals surface area contributed by atoms with E-state index >= 15 is 0 Å². The first-order chi connectivity index (χ1) is 14.1. The summed E-state index contributed by atoms with van der Waals surface area (Å²) in [4.78, 5) is 22.2. The number of aromatic nitrogens is 2. The number of rotatable bonds is 5. The van der Waals surface area contributed by atoms with E-state index in [0.29, 0.717) is 33.2 Å². The summed E-state index contributed by atoms with van der Waals surface area (Å²) in [6, 6.07) is 15.4. The lowest BCUT2D eigenvalue weighted by Crippen LogP contribution is -2.34. The molecular weight excluding hydrogens is 384 g/mol. The average molecular weight is 407 g/mol. The quantitative estimate of drug-likeness (QED) is 0.687. The maximum absolute atomic E-state index is 12.2. The number of nitrogens with one attached hydrogen (secondary N) is 1. The second-order valence-electron chi connectivity index (χ2n) is 7.60. The van der Waals surface area contributed by atoms with Gasteiger partial charge in [0.1, 0.15) is 5.82 Å². The van der Waals surface area contributed by atoms with Gasteiger partial charge in [0.2, 0.25) is 0 Å². The Morgan fingerprint density at radius 3 is 2.66 bits per heavy atom. The van der Waals surface area contributed by atoms with Gasteiger partial charge >= 0.3 is 0 Å². The van der Waals surface area contributed by atoms with Crippen LogP contribution in [0, 0.1) is 11.3 Å². The van der Waals surface area contributed by atoms with Gasteiger partial charge in [0.05, 0.1) is 27.6 Å². The van der Waals surface area contributed by atoms with Gasteiger partial charge < -0.3 is 9.88 Å². The van der Waals surface area contributed by atoms with Gasteiger partial charge in [0.15, 0.2) is 0 Å². The number of para-hydroxylation sites is 1. The van der Waals surface area contributed by atoms with Gasteiger partial charge in [-0.05, 0) is 74.6 Å². The van der Waals surface area contributed by atoms with E-state index in [1.165, 1.54) is 5.56 Å². The van der Waals surface area contributed by atoms with Gasteiger partial charge in [-0.15, -0.1) is 0 Å². The van der Waals surface area contributed by atoms with Crippen LogP contribution in [-0.4, -0.2) is 34.5 Å². The summed E-state index contributed by atoms with van der Waals surface area (Å²) in [5.74, 6) is 1.27. The van der Waals surface area contributed by atoms with Crippen molar-refractivity contribution in [3.05, 3.63) is 74.8 Å². The fourth-order valence-electron chi connectivity index (χ4n) is 4.08. The largest absolute Gasteiger partial charge is 0.310 e. The lowest BCUT2D eigenvalue weighted by molar-refractivity contribution is 0.210. The first-order valence-corrected chi connectivity index (χ1v) is 10.4. The summed E-state index contributed by atoms with van der Waals surface area (Å²) in [6.45, 7) is 3.13. The number of halogens is 1. The highest BCUT2D eigenvalue weighted by Gasteiger charge is 2.20. The molecule has 1 saturated heterocycles. The molecule has 0 saturated carbocycles. The van der Waals surface area contributed by atoms with E-state index in [2.05, 4.69) is 33.1 Å². The molecule has 1 aromatic heterocycles. The van der Waals surface area contributed by atoms with Crippen LogP contribution < -0.4 is 5.56 Å². The zero-order valence-corrected chi connectivity index (χ0v) is 17.0. The van der Waals surface area contributed by atoms with E-state index in [-0.39, 0.29) is 5.56 Å². The van der Waals surface area contributed by atoms with Gasteiger partial charge in [0, 0.05) is 6.42 Å². The van der Waals surface area contributed by atoms with Crippen molar-refractivity contribution in [2.24, 2.45) is 0 Å². The highest BCUT2D eigenvalue weighted by molar-refractivity contribution is 6.34. The van der Waals surface area contributed by atoms with Crippen LogP contribution in [0.25, 0.3) is 10.9 Å². The first kappa shape index (κ1) is 19.6. The second kappa shape index (κ2) is 8.77. The molecule has 2 heterocycles. The molecule has 0 spiro atoms. The van der Waals surface area contributed by atoms with Crippen molar-refractivity contribution in [2.45, 2.75) is 31.6 Å². The van der Waals surface area contributed by atoms with E-state index < -0.39 is 0 Å². The van der Waals surface area contributed by atoms with E-state index in [1.54, 1.807) is 18.2 Å². The fourth-order valence-corrected chi connectivity index (χ4v) is 4.30. The van der Waals surface area contributed by atoms with E-state index in [0.717, 1.165) is 45.3 Å². The summed E-state index contributed by atoms with van der Waals surface area (Å²) >= 11 is 6.20. The zero-order chi connectivity index (χ0) is 20.2. The first-order valence-electron chi connectivity index (χ1n) is 10.0. The molecule has 2 aromatic carbocycles. The van der Waals surface area contributed by atoms with Gasteiger partial charge in [-0.25, -0.2) is 4.98 Å². The normalized spacial score (nSPS) is 15.4. The number of piperidine rings is 1. The number of hydrogen-bond acceptors (Lipinski definition) is 4. The van der Waals surface area contributed by atoms with Crippen LogP contribution in [0.4, 0.5) is 0 Å². The van der Waals surface area contributed by atoms with Crippen LogP contribution in [0.3, 0.4) is 0 Å². The van der Waals surface area contributed by atoms with Crippen LogP contribution in [0.15, 0.2) is 47.3 Å². The maximum atomic E-state index is 12.2. The molecule has 0 bridgehead atoms. The van der Waals surface area contributed by atoms with Gasteiger partial charge in [-0.1, -0.05) is 29.8 Å². The summed E-state index contributed by atoms with van der Waals surface area (Å²) in [5.41, 5.74) is 2.50. The smallest absolute Gasteiger partial charge is 0.258 e. The molecule has 1 fully saturated rings. The third-order valence-electron chi connectivity index (χ3n) is 5.72. The lowest BCUT2D eigenvalue weighted by atomic mass is 9.89. The minimum absolute atomic E-state index is 0.129. The predicted molar refractivity (Wildman–Crippen MR) is 115 cm³/mol. The van der Waals surface area contributed by atoms with Crippen LogP contribution in [0.1, 0.15) is 42.1 Å². The van der Waals surface area contributed by atoms with Gasteiger partial charge in [0.25, 0.3) is 5.56 Å². The Balaban J connectivity index is 1.30. The van der Waals surface area contributed by atoms with Crippen LogP contribution >= 0.6 is 11.6 Å². The lowest BCUT2D eigenvalue weighted by Gasteiger charge is -2.32. The average Bonchev–Trinajstić information content (AvgIpc) is 2.75. The zero-order valence-electron chi connectivity index (χ0n) is 16.2. The number of nitriles is 1. The molecule has 0 unspecified atom stereocenters. The standard InChI is InChI=1S/C23H23ClN4O/c24-20-4-1-3-19-22(20)26-21(27-23(19)29)5-2-12-28-13-10-18(11-14-28)17-8-6-16(15-25)7-9-17/h1,3-4,6-9,18H,2,5,10-14H2,(H,26,27,29). The third-order valence-corrected chi connectivity index (χ3v) is 6.03. The molecule has 29 heavy (non-hydrogen) atoms. The summed E-state index contributed by atoms with van der Waals surface area (Å²) in [7, 11) is 0. The number of fused-ring (bicyclic) bond motifs is 1. The molecule has 5 nitrogen and oxygen atoms in total. The van der Waals surface area contributed by atoms with Gasteiger partial charge in [-0.3, -0.25) is 4.79 Å². The van der Waals surface area contributed by atoms with Crippen molar-refractivity contribution in [1.82, 2.24) is 14.9 Å². The highest BCUT2D eigenvalue weighted by Crippen LogP contribution is 2.28. The SMILES string of the molecule is N#Cc1ccc(C2CCN(CCCc3nc4c(Cl)cccc4c(=O)[nH]3)CC2)cc1. The summed E-state index contributed by atoms with van der Waals surface area (Å²) < 4.78 is 0. The summed E-state index contributed by atoms with van der Waals surface area (Å²) in [5, 5.41) is 9.98. The molecule has 1 aliphatic rings. The Labute approximate surface area is 175 Å². The Kier molecular flexibility index (Phi) is 5.94. The molecule has 0 amide bonds. The van der Waals surface area contributed by atoms with Crippen molar-refractivity contribution in [3.63, 3.8) is 0 Å². The van der Waals surface area contributed by atoms with Gasteiger partial charge in [-0.2, -0.15) is 5.26 Å². The number of aryl methyl sites for hydroxylation is 1. The van der Waals surface area contributed by atoms with E-state index in [1.807, 2.05) is 12.1 Å². The number of H-pyrrole nitrogens is 1. The molecule has 1 N–H and O–H groups in total. The highest BCUT2D eigenvalue weighted by atomic mass is 35.5. The Morgan fingerprint density at radius 1 is 1.17 bits per heavy atom. The molecule has 3 aromatic rings. The maximum Gasteiger partial charge on any atom is 0.258 e. The molecule has 0 aliphatic carbocycles. The molecule has 1 aliphatic heterocycles. The molecule has 6 heteroatoms. The number of likely N-dealkylation sites (tertiary alicyclic amines) is 1. The molecular formula is C23H23ClN4O. The fraction of sp³-hybridized carbons (Fsp3) is 0.348. The number of benzene rings is 2. The Bertz CT molecular complexity index is 1090. The predicted octanol–water partition coefficient (Wildman–Crippen LogP) is 4.26. The van der Waals surface area contributed by atoms with Crippen molar-refractivity contribution >= 4 is 22.5 Å².